The summed E-state index contributed by atoms with van der Waals surface area (Å²) in [5.74, 6) is -0.388. The van der Waals surface area contributed by atoms with Gasteiger partial charge in [-0.25, -0.2) is 14.5 Å². The van der Waals surface area contributed by atoms with Crippen LogP contribution in [0, 0.1) is 0 Å². The molecule has 1 aromatic carbocycles. The van der Waals surface area contributed by atoms with Crippen LogP contribution >= 0.6 is 0 Å². The van der Waals surface area contributed by atoms with Gasteiger partial charge in [-0.05, 0) is 18.2 Å². The van der Waals surface area contributed by atoms with E-state index in [1.165, 1.54) is 12.3 Å². The molecule has 5 heteroatoms. The fourth-order valence-corrected chi connectivity index (χ4v) is 1.79. The van der Waals surface area contributed by atoms with Crippen LogP contribution in [-0.2, 0) is 0 Å². The number of carboxylic acid groups (broad SMARTS) is 1. The molecular formula is C13H9N3O2. The van der Waals surface area contributed by atoms with Crippen LogP contribution in [0.15, 0.2) is 48.8 Å². The number of benzene rings is 1. The van der Waals surface area contributed by atoms with E-state index in [0.29, 0.717) is 5.82 Å². The Labute approximate surface area is 102 Å². The fourth-order valence-electron chi connectivity index (χ4n) is 1.79. The highest BCUT2D eigenvalue weighted by Gasteiger charge is 2.07. The second-order valence-corrected chi connectivity index (χ2v) is 3.83. The molecule has 2 aromatic heterocycles. The Bertz CT molecular complexity index is 716. The Morgan fingerprint density at radius 1 is 1.11 bits per heavy atom. The summed E-state index contributed by atoms with van der Waals surface area (Å²) < 4.78 is 1.68. The van der Waals surface area contributed by atoms with Gasteiger partial charge in [0.2, 0.25) is 0 Å². The van der Waals surface area contributed by atoms with E-state index in [2.05, 4.69) is 10.1 Å². The molecule has 1 N–H and O–H groups in total. The van der Waals surface area contributed by atoms with Crippen molar-refractivity contribution in [1.82, 2.24) is 14.8 Å². The lowest BCUT2D eigenvalue weighted by Crippen LogP contribution is -2.02. The zero-order valence-electron chi connectivity index (χ0n) is 9.32. The standard InChI is InChI=1S/C13H9N3O2/c17-13(18)10-5-6-12(14-7-10)16-11-4-2-1-3-9(11)8-15-16/h1-8H,(H,17,18). The fraction of sp³-hybridized carbons (Fsp3) is 0. The smallest absolute Gasteiger partial charge is 0.337 e. The monoisotopic (exact) mass is 239 g/mol. The summed E-state index contributed by atoms with van der Waals surface area (Å²) in [5, 5.41) is 14.1. The minimum absolute atomic E-state index is 0.162. The molecule has 0 spiro atoms. The van der Waals surface area contributed by atoms with Crippen LogP contribution in [0.3, 0.4) is 0 Å². The van der Waals surface area contributed by atoms with Gasteiger partial charge in [-0.3, -0.25) is 0 Å². The van der Waals surface area contributed by atoms with Crippen molar-refractivity contribution in [2.45, 2.75) is 0 Å². The summed E-state index contributed by atoms with van der Waals surface area (Å²) in [6.45, 7) is 0. The number of para-hydroxylation sites is 1. The first-order valence-corrected chi connectivity index (χ1v) is 5.38. The topological polar surface area (TPSA) is 68.0 Å². The van der Waals surface area contributed by atoms with Crippen LogP contribution in [-0.4, -0.2) is 25.8 Å². The average Bonchev–Trinajstić information content (AvgIpc) is 2.82. The maximum Gasteiger partial charge on any atom is 0.337 e. The molecule has 0 bridgehead atoms. The van der Waals surface area contributed by atoms with E-state index in [-0.39, 0.29) is 5.56 Å². The number of hydrogen-bond donors (Lipinski definition) is 1. The van der Waals surface area contributed by atoms with Crippen LogP contribution in [0.4, 0.5) is 0 Å². The van der Waals surface area contributed by atoms with Crippen molar-refractivity contribution in [2.24, 2.45) is 0 Å². The van der Waals surface area contributed by atoms with Crippen molar-refractivity contribution in [1.29, 1.82) is 0 Å². The minimum atomic E-state index is -0.987. The van der Waals surface area contributed by atoms with Gasteiger partial charge in [0.1, 0.15) is 0 Å². The van der Waals surface area contributed by atoms with E-state index in [1.54, 1.807) is 16.9 Å². The van der Waals surface area contributed by atoms with Crippen LogP contribution in [0.2, 0.25) is 0 Å². The van der Waals surface area contributed by atoms with E-state index in [9.17, 15) is 4.79 Å². The van der Waals surface area contributed by atoms with Crippen molar-refractivity contribution < 1.29 is 9.90 Å². The number of carboxylic acids is 1. The predicted molar refractivity (Wildman–Crippen MR) is 65.8 cm³/mol. The Hall–Kier alpha value is -2.69. The average molecular weight is 239 g/mol. The number of hydrogen-bond acceptors (Lipinski definition) is 3. The Balaban J connectivity index is 2.12. The quantitative estimate of drug-likeness (QED) is 0.743. The van der Waals surface area contributed by atoms with Gasteiger partial charge >= 0.3 is 5.97 Å². The minimum Gasteiger partial charge on any atom is -0.478 e. The Morgan fingerprint density at radius 2 is 1.94 bits per heavy atom. The predicted octanol–water partition coefficient (Wildman–Crippen LogP) is 2.12. The SMILES string of the molecule is O=C(O)c1ccc(-n2ncc3ccccc32)nc1. The molecule has 0 amide bonds. The molecule has 5 nitrogen and oxygen atoms in total. The maximum absolute atomic E-state index is 10.7. The molecular weight excluding hydrogens is 230 g/mol. The van der Waals surface area contributed by atoms with Crippen LogP contribution in [0.1, 0.15) is 10.4 Å². The highest BCUT2D eigenvalue weighted by molar-refractivity contribution is 5.87. The second-order valence-electron chi connectivity index (χ2n) is 3.83. The summed E-state index contributed by atoms with van der Waals surface area (Å²) in [5.41, 5.74) is 1.10. The van der Waals surface area contributed by atoms with Gasteiger partial charge in [0.05, 0.1) is 17.3 Å². The van der Waals surface area contributed by atoms with Gasteiger partial charge in [-0.2, -0.15) is 5.10 Å². The summed E-state index contributed by atoms with van der Waals surface area (Å²) >= 11 is 0. The molecule has 0 atom stereocenters. The van der Waals surface area contributed by atoms with Gasteiger partial charge in [0.25, 0.3) is 0 Å². The van der Waals surface area contributed by atoms with E-state index < -0.39 is 5.97 Å². The van der Waals surface area contributed by atoms with Gasteiger partial charge in [-0.15, -0.1) is 0 Å². The third kappa shape index (κ3) is 1.62. The van der Waals surface area contributed by atoms with E-state index >= 15 is 0 Å². The number of rotatable bonds is 2. The van der Waals surface area contributed by atoms with Crippen molar-refractivity contribution in [2.75, 3.05) is 0 Å². The molecule has 0 saturated carbocycles. The normalized spacial score (nSPS) is 10.7. The van der Waals surface area contributed by atoms with Crippen molar-refractivity contribution >= 4 is 16.9 Å². The Kier molecular flexibility index (Phi) is 2.30. The number of carbonyl (C=O) groups is 1. The first-order chi connectivity index (χ1) is 8.75. The molecule has 0 aliphatic carbocycles. The lowest BCUT2D eigenvalue weighted by molar-refractivity contribution is 0.0696. The molecule has 0 aliphatic rings. The summed E-state index contributed by atoms with van der Waals surface area (Å²) in [6.07, 6.45) is 3.08. The number of nitrogens with zero attached hydrogens (tertiary/aromatic N) is 3. The molecule has 0 unspecified atom stereocenters. The highest BCUT2D eigenvalue weighted by Crippen LogP contribution is 2.16. The zero-order chi connectivity index (χ0) is 12.5. The molecule has 3 aromatic rings. The summed E-state index contributed by atoms with van der Waals surface area (Å²) in [7, 11) is 0. The molecule has 0 aliphatic heterocycles. The van der Waals surface area contributed by atoms with Gasteiger partial charge < -0.3 is 5.11 Å². The number of pyridine rings is 1. The number of aromatic nitrogens is 3. The third-order valence-corrected chi connectivity index (χ3v) is 2.69. The first kappa shape index (κ1) is 10.5. The summed E-state index contributed by atoms with van der Waals surface area (Å²) in [4.78, 5) is 14.9. The molecule has 0 radical (unpaired) electrons. The lowest BCUT2D eigenvalue weighted by Gasteiger charge is -2.02. The van der Waals surface area contributed by atoms with Crippen LogP contribution < -0.4 is 0 Å². The van der Waals surface area contributed by atoms with Crippen LogP contribution in [0.5, 0.6) is 0 Å². The molecule has 0 saturated heterocycles. The van der Waals surface area contributed by atoms with E-state index in [4.69, 9.17) is 5.11 Å². The summed E-state index contributed by atoms with van der Waals surface area (Å²) in [6, 6.07) is 10.9. The second kappa shape index (κ2) is 3.96. The van der Waals surface area contributed by atoms with Gasteiger partial charge in [0, 0.05) is 11.6 Å². The molecule has 2 heterocycles. The molecule has 0 fully saturated rings. The number of aromatic carboxylic acids is 1. The first-order valence-electron chi connectivity index (χ1n) is 5.38. The molecule has 3 rings (SSSR count). The van der Waals surface area contributed by atoms with Gasteiger partial charge in [-0.1, -0.05) is 18.2 Å². The van der Waals surface area contributed by atoms with Crippen molar-refractivity contribution in [3.63, 3.8) is 0 Å². The van der Waals surface area contributed by atoms with Gasteiger partial charge in [0.15, 0.2) is 5.82 Å². The lowest BCUT2D eigenvalue weighted by atomic mass is 10.2. The van der Waals surface area contributed by atoms with Crippen molar-refractivity contribution in [3.8, 4) is 5.82 Å². The van der Waals surface area contributed by atoms with Crippen molar-refractivity contribution in [3.05, 3.63) is 54.4 Å². The van der Waals surface area contributed by atoms with E-state index in [1.807, 2.05) is 24.3 Å². The maximum atomic E-state index is 10.7. The largest absolute Gasteiger partial charge is 0.478 e. The number of fused-ring (bicyclic) bond motifs is 1. The third-order valence-electron chi connectivity index (χ3n) is 2.69. The Morgan fingerprint density at radius 3 is 2.67 bits per heavy atom. The van der Waals surface area contributed by atoms with Crippen LogP contribution in [0.25, 0.3) is 16.7 Å². The molecule has 88 valence electrons. The highest BCUT2D eigenvalue weighted by atomic mass is 16.4. The zero-order valence-corrected chi connectivity index (χ0v) is 9.32. The molecule has 18 heavy (non-hydrogen) atoms. The van der Waals surface area contributed by atoms with E-state index in [0.717, 1.165) is 10.9 Å².